The quantitative estimate of drug-likeness (QED) is 0.350. The predicted octanol–water partition coefficient (Wildman–Crippen LogP) is 5.49. The highest BCUT2D eigenvalue weighted by molar-refractivity contribution is 9.10. The smallest absolute Gasteiger partial charge is 0.335 e. The van der Waals surface area contributed by atoms with Gasteiger partial charge in [0.2, 0.25) is 0 Å². The number of hydrogen-bond acceptors (Lipinski definition) is 4. The Morgan fingerprint density at radius 3 is 2.39 bits per heavy atom. The number of imide groups is 2. The lowest BCUT2D eigenvalue weighted by atomic mass is 10.1. The van der Waals surface area contributed by atoms with Gasteiger partial charge in [0.1, 0.15) is 23.7 Å². The minimum atomic E-state index is -0.915. The molecule has 0 saturated carbocycles. The van der Waals surface area contributed by atoms with Crippen molar-refractivity contribution in [2.24, 2.45) is 0 Å². The maximum atomic E-state index is 13.3. The van der Waals surface area contributed by atoms with Gasteiger partial charge < -0.3 is 4.74 Å². The van der Waals surface area contributed by atoms with Gasteiger partial charge in [0, 0.05) is 15.1 Å². The third kappa shape index (κ3) is 5.13. The molecule has 4 rings (SSSR count). The van der Waals surface area contributed by atoms with Crippen LogP contribution in [-0.2, 0) is 16.2 Å². The highest BCUT2D eigenvalue weighted by atomic mass is 79.9. The number of rotatable bonds is 5. The van der Waals surface area contributed by atoms with E-state index < -0.39 is 23.7 Å². The van der Waals surface area contributed by atoms with Gasteiger partial charge in [-0.1, -0.05) is 39.7 Å². The van der Waals surface area contributed by atoms with Crippen molar-refractivity contribution in [1.82, 2.24) is 5.32 Å². The molecular formula is C24H15BrClFN2O4. The minimum Gasteiger partial charge on any atom is -0.488 e. The fourth-order valence-electron chi connectivity index (χ4n) is 3.14. The highest BCUT2D eigenvalue weighted by Crippen LogP contribution is 2.29. The zero-order valence-corrected chi connectivity index (χ0v) is 19.2. The first-order valence-corrected chi connectivity index (χ1v) is 10.8. The summed E-state index contributed by atoms with van der Waals surface area (Å²) in [6, 6.07) is 16.2. The van der Waals surface area contributed by atoms with Crippen molar-refractivity contribution in [2.75, 3.05) is 4.90 Å². The lowest BCUT2D eigenvalue weighted by molar-refractivity contribution is -0.122. The van der Waals surface area contributed by atoms with E-state index in [9.17, 15) is 18.8 Å². The van der Waals surface area contributed by atoms with Crippen LogP contribution in [-0.4, -0.2) is 17.8 Å². The summed E-state index contributed by atoms with van der Waals surface area (Å²) in [7, 11) is 0. The van der Waals surface area contributed by atoms with Crippen molar-refractivity contribution in [1.29, 1.82) is 0 Å². The number of carbonyl (C=O) groups excluding carboxylic acids is 3. The summed E-state index contributed by atoms with van der Waals surface area (Å²) < 4.78 is 19.9. The highest BCUT2D eigenvalue weighted by Gasteiger charge is 2.37. The molecule has 0 aromatic heterocycles. The lowest BCUT2D eigenvalue weighted by Gasteiger charge is -2.26. The van der Waals surface area contributed by atoms with Crippen molar-refractivity contribution >= 4 is 57.1 Å². The third-order valence-corrected chi connectivity index (χ3v) is 5.51. The number of nitrogens with one attached hydrogen (secondary N) is 1. The molecular weight excluding hydrogens is 515 g/mol. The molecule has 0 bridgehead atoms. The molecule has 0 atom stereocenters. The Bertz CT molecular complexity index is 1280. The third-order valence-electron chi connectivity index (χ3n) is 4.77. The van der Waals surface area contributed by atoms with E-state index in [-0.39, 0.29) is 17.9 Å². The summed E-state index contributed by atoms with van der Waals surface area (Å²) in [5.41, 5.74) is 1.19. The number of halogens is 3. The summed E-state index contributed by atoms with van der Waals surface area (Å²) in [5.74, 6) is -1.77. The van der Waals surface area contributed by atoms with Crippen molar-refractivity contribution in [3.05, 3.63) is 98.7 Å². The second kappa shape index (κ2) is 9.56. The van der Waals surface area contributed by atoms with Crippen LogP contribution in [0.1, 0.15) is 11.1 Å². The monoisotopic (exact) mass is 528 g/mol. The second-order valence-electron chi connectivity index (χ2n) is 7.03. The maximum absolute atomic E-state index is 13.3. The Balaban J connectivity index is 1.66. The van der Waals surface area contributed by atoms with Gasteiger partial charge in [-0.05, 0) is 66.2 Å². The van der Waals surface area contributed by atoms with E-state index >= 15 is 0 Å². The Hall–Kier alpha value is -3.49. The second-order valence-corrected chi connectivity index (χ2v) is 8.38. The molecule has 3 aromatic carbocycles. The molecule has 33 heavy (non-hydrogen) atoms. The van der Waals surface area contributed by atoms with Gasteiger partial charge in [0.05, 0.1) is 5.69 Å². The molecule has 1 fully saturated rings. The van der Waals surface area contributed by atoms with Crippen molar-refractivity contribution in [2.45, 2.75) is 6.61 Å². The van der Waals surface area contributed by atoms with Crippen LogP contribution in [0.2, 0.25) is 5.02 Å². The molecule has 0 radical (unpaired) electrons. The molecule has 166 valence electrons. The van der Waals surface area contributed by atoms with E-state index in [4.69, 9.17) is 16.3 Å². The van der Waals surface area contributed by atoms with Gasteiger partial charge in [-0.3, -0.25) is 14.9 Å². The van der Waals surface area contributed by atoms with Crippen molar-refractivity contribution < 1.29 is 23.5 Å². The molecule has 0 aliphatic carbocycles. The maximum Gasteiger partial charge on any atom is 0.335 e. The first-order valence-electron chi connectivity index (χ1n) is 9.65. The summed E-state index contributed by atoms with van der Waals surface area (Å²) >= 11 is 9.29. The molecule has 0 unspecified atom stereocenters. The van der Waals surface area contributed by atoms with E-state index in [2.05, 4.69) is 21.2 Å². The molecule has 1 N–H and O–H groups in total. The Morgan fingerprint density at radius 2 is 1.70 bits per heavy atom. The van der Waals surface area contributed by atoms with Gasteiger partial charge in [-0.2, -0.15) is 0 Å². The van der Waals surface area contributed by atoms with E-state index in [1.54, 1.807) is 30.3 Å². The van der Waals surface area contributed by atoms with Crippen molar-refractivity contribution in [3.63, 3.8) is 0 Å². The SMILES string of the molecule is O=C1NC(=O)N(c2ccc(F)cc2)C(=O)/C1=C/c1cc(Br)ccc1OCc1ccc(Cl)cc1. The number of urea groups is 1. The van der Waals surface area contributed by atoms with E-state index in [1.165, 1.54) is 18.2 Å². The van der Waals surface area contributed by atoms with Gasteiger partial charge in [0.15, 0.2) is 0 Å². The van der Waals surface area contributed by atoms with Gasteiger partial charge >= 0.3 is 6.03 Å². The number of barbiturate groups is 1. The molecule has 1 aliphatic rings. The van der Waals surface area contributed by atoms with Crippen LogP contribution in [0.3, 0.4) is 0 Å². The summed E-state index contributed by atoms with van der Waals surface area (Å²) in [6.07, 6.45) is 1.35. The molecule has 9 heteroatoms. The van der Waals surface area contributed by atoms with Crippen LogP contribution in [0, 0.1) is 5.82 Å². The zero-order chi connectivity index (χ0) is 23.5. The number of hydrogen-bond donors (Lipinski definition) is 1. The fourth-order valence-corrected chi connectivity index (χ4v) is 3.65. The van der Waals surface area contributed by atoms with Crippen LogP contribution < -0.4 is 15.0 Å². The minimum absolute atomic E-state index is 0.130. The average Bonchev–Trinajstić information content (AvgIpc) is 2.78. The molecule has 1 aliphatic heterocycles. The van der Waals surface area contributed by atoms with Gasteiger partial charge in [0.25, 0.3) is 11.8 Å². The van der Waals surface area contributed by atoms with Crippen LogP contribution in [0.15, 0.2) is 76.8 Å². The van der Waals surface area contributed by atoms with Crippen LogP contribution in [0.5, 0.6) is 5.75 Å². The van der Waals surface area contributed by atoms with E-state index in [1.807, 2.05) is 12.1 Å². The lowest BCUT2D eigenvalue weighted by Crippen LogP contribution is -2.54. The molecule has 4 amide bonds. The normalized spacial score (nSPS) is 15.1. The Morgan fingerprint density at radius 1 is 1.00 bits per heavy atom. The van der Waals surface area contributed by atoms with Crippen LogP contribution in [0.25, 0.3) is 6.08 Å². The number of ether oxygens (including phenoxy) is 1. The molecule has 1 saturated heterocycles. The zero-order valence-electron chi connectivity index (χ0n) is 16.8. The first-order chi connectivity index (χ1) is 15.8. The van der Waals surface area contributed by atoms with E-state index in [0.29, 0.717) is 20.8 Å². The van der Waals surface area contributed by atoms with Gasteiger partial charge in [-0.15, -0.1) is 0 Å². The molecule has 3 aromatic rings. The largest absolute Gasteiger partial charge is 0.488 e. The Kier molecular flexibility index (Phi) is 6.57. The number of nitrogens with zero attached hydrogens (tertiary/aromatic N) is 1. The summed E-state index contributed by atoms with van der Waals surface area (Å²) in [6.45, 7) is 0.231. The number of carbonyl (C=O) groups is 3. The molecule has 6 nitrogen and oxygen atoms in total. The first kappa shape index (κ1) is 22.7. The topological polar surface area (TPSA) is 75.7 Å². The molecule has 0 spiro atoms. The number of amides is 4. The van der Waals surface area contributed by atoms with E-state index in [0.717, 1.165) is 22.6 Å². The number of anilines is 1. The standard InChI is InChI=1S/C24H15BrClFN2O4/c25-16-3-10-21(33-13-14-1-4-17(26)5-2-14)15(11-16)12-20-22(30)28-24(32)29(23(20)31)19-8-6-18(27)7-9-19/h1-12H,13H2,(H,28,30,32)/b20-12+. The van der Waals surface area contributed by atoms with Crippen LogP contribution in [0.4, 0.5) is 14.9 Å². The molecule has 1 heterocycles. The van der Waals surface area contributed by atoms with Crippen LogP contribution >= 0.6 is 27.5 Å². The van der Waals surface area contributed by atoms with Gasteiger partial charge in [-0.25, -0.2) is 14.1 Å². The summed E-state index contributed by atoms with van der Waals surface area (Å²) in [5, 5.41) is 2.75. The number of benzene rings is 3. The Labute approximate surface area is 201 Å². The predicted molar refractivity (Wildman–Crippen MR) is 125 cm³/mol. The summed E-state index contributed by atoms with van der Waals surface area (Å²) in [4.78, 5) is 38.6. The van der Waals surface area contributed by atoms with Crippen molar-refractivity contribution in [3.8, 4) is 5.75 Å². The average molecular weight is 530 g/mol. The fraction of sp³-hybridized carbons (Fsp3) is 0.0417.